The van der Waals surface area contributed by atoms with Gasteiger partial charge in [-0.05, 0) is 73.4 Å². The molecule has 0 fully saturated rings. The summed E-state index contributed by atoms with van der Waals surface area (Å²) in [5.41, 5.74) is 3.12. The fraction of sp³-hybridized carbons (Fsp3) is 0.222. The van der Waals surface area contributed by atoms with Gasteiger partial charge in [-0.3, -0.25) is 13.9 Å². The van der Waals surface area contributed by atoms with Gasteiger partial charge in [0.25, 0.3) is 10.0 Å². The van der Waals surface area contributed by atoms with Crippen LogP contribution in [-0.2, 0) is 26.0 Å². The van der Waals surface area contributed by atoms with E-state index < -0.39 is 27.9 Å². The monoisotopic (exact) mass is 536 g/mol. The molecule has 1 aliphatic heterocycles. The topological polar surface area (TPSA) is 119 Å². The SMILES string of the molecule is Cc1cc(S(=O)(=O)N2c3ccccc3NC(=O)[C@H]2CC(=O)NCCc2ccc(C#N)cc2)c(C)cc1Cl. The Hall–Kier alpha value is -3.87. The minimum atomic E-state index is -4.24. The zero-order valence-corrected chi connectivity index (χ0v) is 21.9. The molecule has 3 aromatic carbocycles. The molecule has 0 aromatic heterocycles. The number of hydrogen-bond acceptors (Lipinski definition) is 5. The number of nitrogens with zero attached hydrogens (tertiary/aromatic N) is 2. The number of para-hydroxylation sites is 2. The van der Waals surface area contributed by atoms with Gasteiger partial charge >= 0.3 is 0 Å². The standard InChI is InChI=1S/C27H25ClN4O4S/c1-17-14-25(18(2)13-21(17)28)37(35,36)32-23-6-4-3-5-22(23)31-27(34)24(32)15-26(33)30-12-11-19-7-9-20(16-29)10-8-19/h3-10,13-14,24H,11-12,15H2,1-2H3,(H,30,33)(H,31,34)/t24-/m1/s1. The van der Waals surface area contributed by atoms with Crippen LogP contribution in [0.1, 0.15) is 28.7 Å². The van der Waals surface area contributed by atoms with Gasteiger partial charge in [-0.15, -0.1) is 0 Å². The first-order valence-electron chi connectivity index (χ1n) is 11.6. The highest BCUT2D eigenvalue weighted by molar-refractivity contribution is 7.93. The molecule has 0 spiro atoms. The first-order chi connectivity index (χ1) is 17.6. The van der Waals surface area contributed by atoms with Crippen molar-refractivity contribution in [3.05, 3.63) is 87.9 Å². The van der Waals surface area contributed by atoms with E-state index >= 15 is 0 Å². The molecule has 37 heavy (non-hydrogen) atoms. The van der Waals surface area contributed by atoms with Gasteiger partial charge in [-0.25, -0.2) is 8.42 Å². The van der Waals surface area contributed by atoms with Crippen molar-refractivity contribution >= 4 is 44.8 Å². The molecule has 4 rings (SSSR count). The Morgan fingerprint density at radius 1 is 1.11 bits per heavy atom. The number of benzene rings is 3. The summed E-state index contributed by atoms with van der Waals surface area (Å²) >= 11 is 6.19. The molecule has 0 unspecified atom stereocenters. The number of carbonyl (C=O) groups excluding carboxylic acids is 2. The van der Waals surface area contributed by atoms with Gasteiger partial charge < -0.3 is 10.6 Å². The van der Waals surface area contributed by atoms with Crippen molar-refractivity contribution in [2.24, 2.45) is 0 Å². The van der Waals surface area contributed by atoms with Gasteiger partial charge in [0, 0.05) is 11.6 Å². The highest BCUT2D eigenvalue weighted by Gasteiger charge is 2.42. The lowest BCUT2D eigenvalue weighted by atomic mass is 10.1. The number of anilines is 2. The number of sulfonamides is 1. The number of amides is 2. The van der Waals surface area contributed by atoms with Gasteiger partial charge in [0.15, 0.2) is 0 Å². The van der Waals surface area contributed by atoms with E-state index in [2.05, 4.69) is 16.7 Å². The summed E-state index contributed by atoms with van der Waals surface area (Å²) in [4.78, 5) is 26.0. The van der Waals surface area contributed by atoms with Crippen LogP contribution in [0, 0.1) is 25.2 Å². The van der Waals surface area contributed by atoms with E-state index in [1.54, 1.807) is 68.4 Å². The van der Waals surface area contributed by atoms with Crippen molar-refractivity contribution in [3.63, 3.8) is 0 Å². The summed E-state index contributed by atoms with van der Waals surface area (Å²) in [5.74, 6) is -1.05. The molecular weight excluding hydrogens is 512 g/mol. The highest BCUT2D eigenvalue weighted by atomic mass is 35.5. The van der Waals surface area contributed by atoms with Gasteiger partial charge in [-0.1, -0.05) is 35.9 Å². The summed E-state index contributed by atoms with van der Waals surface area (Å²) in [6.45, 7) is 3.63. The van der Waals surface area contributed by atoms with Crippen molar-refractivity contribution in [1.82, 2.24) is 5.32 Å². The van der Waals surface area contributed by atoms with E-state index in [1.165, 1.54) is 6.07 Å². The molecule has 190 valence electrons. The smallest absolute Gasteiger partial charge is 0.265 e. The Morgan fingerprint density at radius 3 is 2.51 bits per heavy atom. The quantitative estimate of drug-likeness (QED) is 0.471. The van der Waals surface area contributed by atoms with Crippen LogP contribution in [-0.4, -0.2) is 32.8 Å². The second-order valence-electron chi connectivity index (χ2n) is 8.80. The average Bonchev–Trinajstić information content (AvgIpc) is 2.86. The lowest BCUT2D eigenvalue weighted by molar-refractivity contribution is -0.125. The lowest BCUT2D eigenvalue weighted by Crippen LogP contribution is -2.53. The normalized spacial score (nSPS) is 14.9. The second-order valence-corrected chi connectivity index (χ2v) is 11.0. The van der Waals surface area contributed by atoms with Crippen LogP contribution in [0.15, 0.2) is 65.6 Å². The zero-order valence-electron chi connectivity index (χ0n) is 20.3. The number of rotatable bonds is 7. The summed E-state index contributed by atoms with van der Waals surface area (Å²) in [6.07, 6.45) is 0.154. The van der Waals surface area contributed by atoms with Gasteiger partial charge in [0.1, 0.15) is 6.04 Å². The molecule has 1 aliphatic rings. The molecule has 0 saturated carbocycles. The largest absolute Gasteiger partial charge is 0.356 e. The van der Waals surface area contributed by atoms with E-state index in [0.29, 0.717) is 33.8 Å². The number of aryl methyl sites for hydroxylation is 2. The Balaban J connectivity index is 1.60. The van der Waals surface area contributed by atoms with E-state index in [4.69, 9.17) is 16.9 Å². The highest BCUT2D eigenvalue weighted by Crippen LogP contribution is 2.38. The van der Waals surface area contributed by atoms with Crippen LogP contribution in [0.25, 0.3) is 0 Å². The first-order valence-corrected chi connectivity index (χ1v) is 13.4. The number of nitrogens with one attached hydrogen (secondary N) is 2. The van der Waals surface area contributed by atoms with Crippen LogP contribution in [0.5, 0.6) is 0 Å². The molecule has 2 N–H and O–H groups in total. The maximum absolute atomic E-state index is 14.0. The fourth-order valence-corrected chi connectivity index (χ4v) is 6.36. The Bertz CT molecular complexity index is 1510. The third kappa shape index (κ3) is 5.45. The second kappa shape index (κ2) is 10.6. The molecular formula is C27H25ClN4O4S. The Morgan fingerprint density at radius 2 is 1.81 bits per heavy atom. The number of fused-ring (bicyclic) bond motifs is 1. The van der Waals surface area contributed by atoms with Crippen LogP contribution < -0.4 is 14.9 Å². The maximum Gasteiger partial charge on any atom is 0.265 e. The van der Waals surface area contributed by atoms with Crippen molar-refractivity contribution in [2.75, 3.05) is 16.2 Å². The van der Waals surface area contributed by atoms with Gasteiger partial charge in [-0.2, -0.15) is 5.26 Å². The molecule has 0 saturated heterocycles. The minimum Gasteiger partial charge on any atom is -0.356 e. The Labute approximate surface area is 220 Å². The van der Waals surface area contributed by atoms with Crippen molar-refractivity contribution in [2.45, 2.75) is 37.6 Å². The molecule has 2 amide bonds. The molecule has 8 nitrogen and oxygen atoms in total. The van der Waals surface area contributed by atoms with E-state index in [1.807, 2.05) is 0 Å². The van der Waals surface area contributed by atoms with E-state index in [0.717, 1.165) is 9.87 Å². The van der Waals surface area contributed by atoms with Crippen LogP contribution in [0.3, 0.4) is 0 Å². The van der Waals surface area contributed by atoms with Gasteiger partial charge in [0.2, 0.25) is 11.8 Å². The maximum atomic E-state index is 14.0. The minimum absolute atomic E-state index is 0.0186. The zero-order chi connectivity index (χ0) is 26.7. The van der Waals surface area contributed by atoms with E-state index in [-0.39, 0.29) is 23.5 Å². The van der Waals surface area contributed by atoms with Crippen LogP contribution in [0.4, 0.5) is 11.4 Å². The van der Waals surface area contributed by atoms with Crippen molar-refractivity contribution in [3.8, 4) is 6.07 Å². The third-order valence-corrected chi connectivity index (χ3v) is 8.55. The van der Waals surface area contributed by atoms with Crippen molar-refractivity contribution < 1.29 is 18.0 Å². The molecule has 3 aromatic rings. The molecule has 1 atom stereocenters. The van der Waals surface area contributed by atoms with Crippen LogP contribution in [0.2, 0.25) is 5.02 Å². The Kier molecular flexibility index (Phi) is 7.52. The molecule has 10 heteroatoms. The van der Waals surface area contributed by atoms with Crippen LogP contribution >= 0.6 is 11.6 Å². The molecule has 0 radical (unpaired) electrons. The predicted molar refractivity (Wildman–Crippen MR) is 142 cm³/mol. The number of nitriles is 1. The molecule has 0 aliphatic carbocycles. The summed E-state index contributed by atoms with van der Waals surface area (Å²) in [6, 6.07) is 17.4. The molecule has 0 bridgehead atoms. The first kappa shape index (κ1) is 26.2. The summed E-state index contributed by atoms with van der Waals surface area (Å²) < 4.78 is 29.0. The predicted octanol–water partition coefficient (Wildman–Crippen LogP) is 4.09. The third-order valence-electron chi connectivity index (χ3n) is 6.18. The lowest BCUT2D eigenvalue weighted by Gasteiger charge is -2.37. The number of carbonyl (C=O) groups is 2. The summed E-state index contributed by atoms with van der Waals surface area (Å²) in [5, 5.41) is 14.8. The van der Waals surface area contributed by atoms with Crippen molar-refractivity contribution in [1.29, 1.82) is 5.26 Å². The fourth-order valence-electron chi connectivity index (χ4n) is 4.21. The summed E-state index contributed by atoms with van der Waals surface area (Å²) in [7, 11) is -4.24. The number of hydrogen-bond donors (Lipinski definition) is 2. The van der Waals surface area contributed by atoms with E-state index in [9.17, 15) is 18.0 Å². The number of halogens is 1. The van der Waals surface area contributed by atoms with Gasteiger partial charge in [0.05, 0.1) is 34.3 Å². The average molecular weight is 537 g/mol. The molecule has 1 heterocycles.